The van der Waals surface area contributed by atoms with Gasteiger partial charge in [0.2, 0.25) is 13.4 Å². The average Bonchev–Trinajstić information content (AvgIpc) is 3.66. The van der Waals surface area contributed by atoms with Crippen LogP contribution in [0.5, 0.6) is 0 Å². The van der Waals surface area contributed by atoms with Gasteiger partial charge in [0.25, 0.3) is 0 Å². The number of hydrogen-bond donors (Lipinski definition) is 0. The van der Waals surface area contributed by atoms with Gasteiger partial charge >= 0.3 is 0 Å². The third-order valence-corrected chi connectivity index (χ3v) is 13.8. The molecule has 9 aromatic rings. The van der Waals surface area contributed by atoms with Crippen molar-refractivity contribution in [3.63, 3.8) is 0 Å². The summed E-state index contributed by atoms with van der Waals surface area (Å²) in [6.45, 7) is 0.449. The first-order chi connectivity index (χ1) is 23.8. The molecule has 7 aromatic carbocycles. The van der Waals surface area contributed by atoms with Gasteiger partial charge in [0.15, 0.2) is 0 Å². The van der Waals surface area contributed by atoms with E-state index in [9.17, 15) is 0 Å². The van der Waals surface area contributed by atoms with Gasteiger partial charge in [-0.15, -0.1) is 0 Å². The Labute approximate surface area is 285 Å². The Kier molecular flexibility index (Phi) is 4.44. The van der Waals surface area contributed by atoms with Crippen molar-refractivity contribution in [2.45, 2.75) is 19.6 Å². The Morgan fingerprint density at radius 3 is 1.81 bits per heavy atom. The number of rotatable bonds is 0. The van der Waals surface area contributed by atoms with E-state index in [1.807, 2.05) is 23.5 Å². The van der Waals surface area contributed by atoms with Gasteiger partial charge < -0.3 is 9.13 Å². The molecule has 0 saturated carbocycles. The molecule has 0 atom stereocenters. The van der Waals surface area contributed by atoms with Crippen LogP contribution < -0.4 is 32.8 Å². The third-order valence-electron chi connectivity index (χ3n) is 11.4. The highest BCUT2D eigenvalue weighted by Gasteiger charge is 2.42. The Bertz CT molecular complexity index is 2990. The zero-order valence-corrected chi connectivity index (χ0v) is 27.2. The van der Waals surface area contributed by atoms with E-state index in [4.69, 9.17) is 0 Å². The molecular weight excluding hydrogens is 618 g/mol. The number of nitrogens with zero attached hydrogens (tertiary/aromatic N) is 2. The largest absolute Gasteiger partial charge is 0.310 e. The number of benzene rings is 7. The van der Waals surface area contributed by atoms with Crippen LogP contribution in [0.15, 0.2) is 153 Å². The lowest BCUT2D eigenvalue weighted by atomic mass is 9.35. The minimum absolute atomic E-state index is 0.222. The number of aromatic nitrogens is 2. The van der Waals surface area contributed by atoms with Crippen molar-refractivity contribution in [2.75, 3.05) is 0 Å². The lowest BCUT2D eigenvalue weighted by Crippen LogP contribution is -2.58. The van der Waals surface area contributed by atoms with Crippen LogP contribution in [0.4, 0.5) is 0 Å². The predicted octanol–water partition coefficient (Wildman–Crippen LogP) is 6.47. The van der Waals surface area contributed by atoms with E-state index >= 15 is 0 Å². The molecule has 0 unspecified atom stereocenters. The zero-order valence-electron chi connectivity index (χ0n) is 25.6. The van der Waals surface area contributed by atoms with E-state index in [1.165, 1.54) is 107 Å². The summed E-state index contributed by atoms with van der Waals surface area (Å²) in [7, 11) is 0. The van der Waals surface area contributed by atoms with E-state index in [-0.39, 0.29) is 13.4 Å². The molecule has 2 nitrogen and oxygen atoms in total. The summed E-state index contributed by atoms with van der Waals surface area (Å²) in [4.78, 5) is 5.49. The summed E-state index contributed by atoms with van der Waals surface area (Å²) in [6, 6.07) is 50.8. The van der Waals surface area contributed by atoms with Gasteiger partial charge in [0, 0.05) is 58.0 Å². The normalized spacial score (nSPS) is 14.4. The minimum Gasteiger partial charge on any atom is -0.310 e. The molecular formula is C42H22B2N2S2. The van der Waals surface area contributed by atoms with Crippen LogP contribution in [-0.4, -0.2) is 22.6 Å². The summed E-state index contributed by atoms with van der Waals surface area (Å²) in [5.41, 5.74) is 16.5. The van der Waals surface area contributed by atoms with Crippen molar-refractivity contribution in [1.82, 2.24) is 9.13 Å². The smallest absolute Gasteiger partial charge is 0.249 e. The highest BCUT2D eigenvalue weighted by atomic mass is 32.2. The average molecular weight is 640 g/mol. The fourth-order valence-electron chi connectivity index (χ4n) is 9.73. The topological polar surface area (TPSA) is 9.86 Å². The molecule has 0 spiro atoms. The van der Waals surface area contributed by atoms with Crippen LogP contribution in [0.3, 0.4) is 0 Å². The molecule has 0 radical (unpaired) electrons. The molecule has 6 heterocycles. The maximum Gasteiger partial charge on any atom is 0.249 e. The molecule has 218 valence electrons. The summed E-state index contributed by atoms with van der Waals surface area (Å²) in [5, 5.41) is 5.37. The highest BCUT2D eigenvalue weighted by molar-refractivity contribution is 8.00. The highest BCUT2D eigenvalue weighted by Crippen LogP contribution is 2.45. The Balaban J connectivity index is 1.24. The van der Waals surface area contributed by atoms with Gasteiger partial charge in [0.05, 0.1) is 16.6 Å². The van der Waals surface area contributed by atoms with Crippen molar-refractivity contribution in [2.24, 2.45) is 0 Å². The van der Waals surface area contributed by atoms with Gasteiger partial charge in [-0.2, -0.15) is 0 Å². The van der Waals surface area contributed by atoms with E-state index in [0.29, 0.717) is 0 Å². The van der Waals surface area contributed by atoms with Crippen LogP contribution in [0.1, 0.15) is 0 Å². The Hall–Kier alpha value is -5.03. The maximum absolute atomic E-state index is 2.64. The monoisotopic (exact) mass is 640 g/mol. The predicted molar refractivity (Wildman–Crippen MR) is 206 cm³/mol. The second kappa shape index (κ2) is 8.51. The first-order valence-corrected chi connectivity index (χ1v) is 18.3. The SMILES string of the molecule is c1ccc2c(c1)Sc1ccc3c4c(ccc5c6cccc7c6n(c54)-c4cccc5c4B7c4ccccc4S5)n4c3c1B2c1ccccc1-4. The quantitative estimate of drug-likeness (QED) is 0.176. The van der Waals surface area contributed by atoms with Gasteiger partial charge in [-0.25, -0.2) is 0 Å². The van der Waals surface area contributed by atoms with E-state index < -0.39 is 0 Å². The minimum atomic E-state index is 0.222. The molecule has 0 bridgehead atoms. The summed E-state index contributed by atoms with van der Waals surface area (Å²) < 4.78 is 5.23. The molecule has 0 aliphatic carbocycles. The van der Waals surface area contributed by atoms with Crippen molar-refractivity contribution in [3.8, 4) is 11.4 Å². The molecule has 4 aliphatic rings. The van der Waals surface area contributed by atoms with Gasteiger partial charge in [-0.1, -0.05) is 125 Å². The fraction of sp³-hybridized carbons (Fsp3) is 0. The number of hydrogen-bond acceptors (Lipinski definition) is 2. The van der Waals surface area contributed by atoms with Crippen molar-refractivity contribution >= 4 is 113 Å². The summed E-state index contributed by atoms with van der Waals surface area (Å²) in [6.07, 6.45) is 0. The first kappa shape index (κ1) is 25.0. The standard InChI is InChI=1S/C42H22B2N2S2/c1-4-14-30-26(10-1)43-27-11-2-5-16-33(27)48-36-22-20-25-37-31(45(30)42(25)39(36)43)21-19-24-23-9-7-13-29-40(23)46(41(24)37)32-15-8-18-35-38(32)44(29)28-12-3-6-17-34(28)47-35/h1-22H. The van der Waals surface area contributed by atoms with Crippen molar-refractivity contribution in [3.05, 3.63) is 133 Å². The summed E-state index contributed by atoms with van der Waals surface area (Å²) in [5.74, 6) is 0. The Morgan fingerprint density at radius 1 is 0.375 bits per heavy atom. The van der Waals surface area contributed by atoms with Crippen molar-refractivity contribution < 1.29 is 0 Å². The van der Waals surface area contributed by atoms with Crippen LogP contribution in [0.2, 0.25) is 0 Å². The van der Waals surface area contributed by atoms with Crippen LogP contribution in [0.25, 0.3) is 55.0 Å². The van der Waals surface area contributed by atoms with Crippen LogP contribution >= 0.6 is 23.5 Å². The molecule has 0 amide bonds. The fourth-order valence-corrected chi connectivity index (χ4v) is 12.0. The van der Waals surface area contributed by atoms with Gasteiger partial charge in [-0.05, 0) is 64.3 Å². The molecule has 0 fully saturated rings. The second-order valence-electron chi connectivity index (χ2n) is 13.5. The maximum atomic E-state index is 2.64. The molecule has 48 heavy (non-hydrogen) atoms. The zero-order chi connectivity index (χ0) is 30.8. The van der Waals surface area contributed by atoms with E-state index in [1.54, 1.807) is 0 Å². The number of para-hydroxylation sites is 2. The van der Waals surface area contributed by atoms with Crippen molar-refractivity contribution in [1.29, 1.82) is 0 Å². The molecule has 2 aromatic heterocycles. The third kappa shape index (κ3) is 2.76. The lowest BCUT2D eigenvalue weighted by molar-refractivity contribution is 1.17. The first-order valence-electron chi connectivity index (χ1n) is 16.7. The number of fused-ring (bicyclic) bond motifs is 16. The second-order valence-corrected chi connectivity index (χ2v) is 15.7. The van der Waals surface area contributed by atoms with Crippen LogP contribution in [-0.2, 0) is 0 Å². The lowest BCUT2D eigenvalue weighted by Gasteiger charge is -2.33. The van der Waals surface area contributed by atoms with E-state index in [0.717, 1.165) is 0 Å². The summed E-state index contributed by atoms with van der Waals surface area (Å²) >= 11 is 3.85. The molecule has 0 N–H and O–H groups in total. The van der Waals surface area contributed by atoms with Gasteiger partial charge in [-0.3, -0.25) is 0 Å². The molecule has 4 aliphatic heterocycles. The van der Waals surface area contributed by atoms with Crippen LogP contribution in [0, 0.1) is 0 Å². The molecule has 6 heteroatoms. The molecule has 0 saturated heterocycles. The van der Waals surface area contributed by atoms with Gasteiger partial charge in [0.1, 0.15) is 0 Å². The van der Waals surface area contributed by atoms with E-state index in [2.05, 4.69) is 143 Å². The Morgan fingerprint density at radius 2 is 0.979 bits per heavy atom. The molecule has 13 rings (SSSR count).